The standard InChI is InChI=1S/C15H18ClNO2/c16-13-7-11(15(18)19)3-4-14(13)17-8-12-6-9-1-2-10(12)5-9/h3-4,7,9-10,12,17H,1-2,5-6,8H2,(H,18,19). The Morgan fingerprint density at radius 2 is 2.21 bits per heavy atom. The zero-order valence-electron chi connectivity index (χ0n) is 10.7. The molecule has 19 heavy (non-hydrogen) atoms. The van der Waals surface area contributed by atoms with Gasteiger partial charge in [0.05, 0.1) is 16.3 Å². The fourth-order valence-electron chi connectivity index (χ4n) is 3.66. The van der Waals surface area contributed by atoms with E-state index < -0.39 is 5.97 Å². The van der Waals surface area contributed by atoms with Crippen molar-refractivity contribution >= 4 is 23.3 Å². The predicted molar refractivity (Wildman–Crippen MR) is 75.8 cm³/mol. The number of anilines is 1. The molecule has 0 radical (unpaired) electrons. The molecule has 3 rings (SSSR count). The minimum Gasteiger partial charge on any atom is -0.478 e. The molecule has 2 aliphatic rings. The summed E-state index contributed by atoms with van der Waals surface area (Å²) in [6.07, 6.45) is 5.53. The maximum absolute atomic E-state index is 10.8. The molecule has 0 spiro atoms. The van der Waals surface area contributed by atoms with Crippen LogP contribution in [0.25, 0.3) is 0 Å². The van der Waals surface area contributed by atoms with Gasteiger partial charge in [-0.15, -0.1) is 0 Å². The van der Waals surface area contributed by atoms with Crippen molar-refractivity contribution in [3.05, 3.63) is 28.8 Å². The molecular weight excluding hydrogens is 262 g/mol. The predicted octanol–water partition coefficient (Wildman–Crippen LogP) is 3.89. The highest BCUT2D eigenvalue weighted by atomic mass is 35.5. The summed E-state index contributed by atoms with van der Waals surface area (Å²) in [6, 6.07) is 4.86. The van der Waals surface area contributed by atoms with Crippen molar-refractivity contribution in [3.8, 4) is 0 Å². The Kier molecular flexibility index (Phi) is 3.40. The lowest BCUT2D eigenvalue weighted by atomic mass is 9.89. The smallest absolute Gasteiger partial charge is 0.335 e. The number of benzene rings is 1. The first-order valence-electron chi connectivity index (χ1n) is 6.90. The fraction of sp³-hybridized carbons (Fsp3) is 0.533. The van der Waals surface area contributed by atoms with Crippen molar-refractivity contribution in [2.75, 3.05) is 11.9 Å². The van der Waals surface area contributed by atoms with Crippen LogP contribution in [-0.2, 0) is 0 Å². The minimum absolute atomic E-state index is 0.232. The SMILES string of the molecule is O=C(O)c1ccc(NCC2CC3CCC2C3)c(Cl)c1. The van der Waals surface area contributed by atoms with Gasteiger partial charge in [0.2, 0.25) is 0 Å². The Bertz CT molecular complexity index is 503. The van der Waals surface area contributed by atoms with Crippen molar-refractivity contribution < 1.29 is 9.90 Å². The second-order valence-electron chi connectivity index (χ2n) is 5.82. The van der Waals surface area contributed by atoms with Crippen molar-refractivity contribution in [2.45, 2.75) is 25.7 Å². The van der Waals surface area contributed by atoms with Crippen LogP contribution in [0.4, 0.5) is 5.69 Å². The number of carboxylic acids is 1. The number of carbonyl (C=O) groups is 1. The van der Waals surface area contributed by atoms with Gasteiger partial charge in [-0.2, -0.15) is 0 Å². The molecule has 0 aromatic heterocycles. The largest absolute Gasteiger partial charge is 0.478 e. The lowest BCUT2D eigenvalue weighted by Gasteiger charge is -2.22. The zero-order valence-corrected chi connectivity index (χ0v) is 11.5. The van der Waals surface area contributed by atoms with E-state index in [0.29, 0.717) is 5.02 Å². The van der Waals surface area contributed by atoms with Gasteiger partial charge in [-0.25, -0.2) is 4.79 Å². The Morgan fingerprint density at radius 3 is 2.79 bits per heavy atom. The van der Waals surface area contributed by atoms with Crippen LogP contribution in [-0.4, -0.2) is 17.6 Å². The van der Waals surface area contributed by atoms with E-state index in [1.807, 2.05) is 0 Å². The molecule has 4 heteroatoms. The number of carboxylic acid groups (broad SMARTS) is 1. The molecule has 2 saturated carbocycles. The average Bonchev–Trinajstić information content (AvgIpc) is 2.99. The van der Waals surface area contributed by atoms with Gasteiger partial charge in [0, 0.05) is 6.54 Å². The highest BCUT2D eigenvalue weighted by Crippen LogP contribution is 2.48. The Labute approximate surface area is 118 Å². The maximum Gasteiger partial charge on any atom is 0.335 e. The van der Waals surface area contributed by atoms with E-state index in [0.717, 1.165) is 30.0 Å². The molecule has 2 fully saturated rings. The van der Waals surface area contributed by atoms with Crippen LogP contribution in [0.15, 0.2) is 18.2 Å². The van der Waals surface area contributed by atoms with Gasteiger partial charge in [0.15, 0.2) is 0 Å². The molecule has 1 aromatic rings. The van der Waals surface area contributed by atoms with Crippen LogP contribution in [0.3, 0.4) is 0 Å². The third-order valence-corrected chi connectivity index (χ3v) is 4.97. The summed E-state index contributed by atoms with van der Waals surface area (Å²) in [5, 5.41) is 12.8. The van der Waals surface area contributed by atoms with E-state index >= 15 is 0 Å². The molecule has 2 N–H and O–H groups in total. The third-order valence-electron chi connectivity index (χ3n) is 4.66. The molecule has 2 bridgehead atoms. The first kappa shape index (κ1) is 12.8. The molecule has 0 saturated heterocycles. The van der Waals surface area contributed by atoms with Crippen LogP contribution in [0.1, 0.15) is 36.0 Å². The van der Waals surface area contributed by atoms with Crippen LogP contribution >= 0.6 is 11.6 Å². The van der Waals surface area contributed by atoms with Crippen LogP contribution in [0.2, 0.25) is 5.02 Å². The summed E-state index contributed by atoms with van der Waals surface area (Å²) in [7, 11) is 0. The quantitative estimate of drug-likeness (QED) is 0.879. The van der Waals surface area contributed by atoms with Crippen molar-refractivity contribution in [2.24, 2.45) is 17.8 Å². The van der Waals surface area contributed by atoms with Gasteiger partial charge < -0.3 is 10.4 Å². The van der Waals surface area contributed by atoms with E-state index in [9.17, 15) is 4.79 Å². The van der Waals surface area contributed by atoms with E-state index in [1.54, 1.807) is 12.1 Å². The minimum atomic E-state index is -0.943. The van der Waals surface area contributed by atoms with Gasteiger partial charge in [0.25, 0.3) is 0 Å². The molecule has 1 aromatic carbocycles. The molecule has 0 heterocycles. The van der Waals surface area contributed by atoms with Crippen molar-refractivity contribution in [1.82, 2.24) is 0 Å². The normalized spacial score (nSPS) is 28.6. The van der Waals surface area contributed by atoms with Gasteiger partial charge >= 0.3 is 5.97 Å². The number of aromatic carboxylic acids is 1. The van der Waals surface area contributed by atoms with Crippen LogP contribution in [0, 0.1) is 17.8 Å². The zero-order chi connectivity index (χ0) is 13.4. The van der Waals surface area contributed by atoms with Crippen molar-refractivity contribution in [3.63, 3.8) is 0 Å². The summed E-state index contributed by atoms with van der Waals surface area (Å²) in [4.78, 5) is 10.8. The van der Waals surface area contributed by atoms with E-state index in [-0.39, 0.29) is 5.56 Å². The first-order valence-corrected chi connectivity index (χ1v) is 7.28. The molecular formula is C15H18ClNO2. The van der Waals surface area contributed by atoms with Crippen molar-refractivity contribution in [1.29, 1.82) is 0 Å². The third kappa shape index (κ3) is 2.57. The van der Waals surface area contributed by atoms with E-state index in [1.165, 1.54) is 31.7 Å². The average molecular weight is 280 g/mol. The molecule has 2 aliphatic carbocycles. The molecule has 3 atom stereocenters. The monoisotopic (exact) mass is 279 g/mol. The Balaban J connectivity index is 1.62. The van der Waals surface area contributed by atoms with Gasteiger partial charge in [0.1, 0.15) is 0 Å². The summed E-state index contributed by atoms with van der Waals surface area (Å²) >= 11 is 6.11. The number of fused-ring (bicyclic) bond motifs is 2. The van der Waals surface area contributed by atoms with Crippen LogP contribution < -0.4 is 5.32 Å². The highest BCUT2D eigenvalue weighted by molar-refractivity contribution is 6.33. The number of hydrogen-bond acceptors (Lipinski definition) is 2. The summed E-state index contributed by atoms with van der Waals surface area (Å²) in [5.74, 6) is 1.65. The highest BCUT2D eigenvalue weighted by Gasteiger charge is 2.39. The molecule has 0 amide bonds. The van der Waals surface area contributed by atoms with Gasteiger partial charge in [-0.05, 0) is 55.2 Å². The summed E-state index contributed by atoms with van der Waals surface area (Å²) in [6.45, 7) is 0.952. The number of hydrogen-bond donors (Lipinski definition) is 2. The molecule has 102 valence electrons. The lowest BCUT2D eigenvalue weighted by Crippen LogP contribution is -2.20. The second-order valence-corrected chi connectivity index (χ2v) is 6.22. The Morgan fingerprint density at radius 1 is 1.37 bits per heavy atom. The number of nitrogens with one attached hydrogen (secondary N) is 1. The number of rotatable bonds is 4. The van der Waals surface area contributed by atoms with Gasteiger partial charge in [-0.1, -0.05) is 18.0 Å². The van der Waals surface area contributed by atoms with E-state index in [4.69, 9.17) is 16.7 Å². The second kappa shape index (κ2) is 5.04. The molecule has 3 unspecified atom stereocenters. The van der Waals surface area contributed by atoms with Crippen LogP contribution in [0.5, 0.6) is 0 Å². The lowest BCUT2D eigenvalue weighted by molar-refractivity contribution is 0.0697. The molecule has 3 nitrogen and oxygen atoms in total. The van der Waals surface area contributed by atoms with E-state index in [2.05, 4.69) is 5.32 Å². The summed E-state index contributed by atoms with van der Waals surface area (Å²) in [5.41, 5.74) is 1.07. The molecule has 0 aliphatic heterocycles. The Hall–Kier alpha value is -1.22. The fourth-order valence-corrected chi connectivity index (χ4v) is 3.91. The summed E-state index contributed by atoms with van der Waals surface area (Å²) < 4.78 is 0. The topological polar surface area (TPSA) is 49.3 Å². The maximum atomic E-state index is 10.8. The first-order chi connectivity index (χ1) is 9.13. The van der Waals surface area contributed by atoms with Gasteiger partial charge in [-0.3, -0.25) is 0 Å². The number of halogens is 1.